The van der Waals surface area contributed by atoms with E-state index in [9.17, 15) is 43.5 Å². The van der Waals surface area contributed by atoms with Gasteiger partial charge in [0, 0.05) is 20.0 Å². The number of amides is 8. The van der Waals surface area contributed by atoms with Crippen molar-refractivity contribution < 1.29 is 43.5 Å². The molecule has 0 bridgehead atoms. The molecule has 0 spiro atoms. The average molecular weight is 826 g/mol. The molecule has 0 rings (SSSR count). The number of hydrogen-bond donors (Lipinski definition) is 11. The maximum absolute atomic E-state index is 13.8. The molecule has 332 valence electrons. The molecule has 0 fully saturated rings. The van der Waals surface area contributed by atoms with Gasteiger partial charge in [0.15, 0.2) is 5.96 Å². The first kappa shape index (κ1) is 53.0. The number of rotatable bonds is 27. The van der Waals surface area contributed by atoms with Gasteiger partial charge in [0.25, 0.3) is 0 Å². The first-order valence-electron chi connectivity index (χ1n) is 20.2. The Hall–Kier alpha value is -5.01. The zero-order valence-electron chi connectivity index (χ0n) is 36.0. The number of carbonyl (C=O) groups excluding carboxylic acids is 8. The number of aliphatic hydroxyl groups is 1. The molecule has 0 unspecified atom stereocenters. The summed E-state index contributed by atoms with van der Waals surface area (Å²) < 4.78 is 0. The van der Waals surface area contributed by atoms with Crippen LogP contribution in [0.4, 0.5) is 0 Å². The fraction of sp³-hybridized carbons (Fsp3) is 0.763. The Kier molecular flexibility index (Phi) is 25.2. The largest absolute Gasteiger partial charge is 0.391 e. The van der Waals surface area contributed by atoms with Gasteiger partial charge in [-0.3, -0.25) is 43.3 Å². The van der Waals surface area contributed by atoms with Crippen LogP contribution in [-0.4, -0.2) is 120 Å². The van der Waals surface area contributed by atoms with Crippen molar-refractivity contribution in [3.05, 3.63) is 0 Å². The highest BCUT2D eigenvalue weighted by atomic mass is 16.3. The third kappa shape index (κ3) is 19.4. The van der Waals surface area contributed by atoms with Crippen LogP contribution in [-0.2, 0) is 38.4 Å². The van der Waals surface area contributed by atoms with Crippen molar-refractivity contribution in [2.24, 2.45) is 34.2 Å². The van der Waals surface area contributed by atoms with Crippen LogP contribution in [0.3, 0.4) is 0 Å². The number of aliphatic hydroxyl groups excluding tert-OH is 1. The Bertz CT molecular complexity index is 1410. The van der Waals surface area contributed by atoms with E-state index < -0.39 is 107 Å². The number of nitrogens with zero attached hydrogens (tertiary/aromatic N) is 1. The van der Waals surface area contributed by atoms with Crippen LogP contribution in [0.15, 0.2) is 4.99 Å². The van der Waals surface area contributed by atoms with Gasteiger partial charge in [-0.2, -0.15) is 0 Å². The SMILES string of the molecule is CCC[C@H](NC(=O)[C@@H](NC(=O)[C@H](NC(=O)[C@@H](NC(=O)CNC(C)=O)C(C)C)[C@@H](C)CC)[C@H](C)O)C(=O)N[C@H](C(=O)N[C@@H](CCCN=C(N)N)C(=O)NCC)[C@@H](C)CC. The van der Waals surface area contributed by atoms with Gasteiger partial charge in [-0.1, -0.05) is 67.7 Å². The average Bonchev–Trinajstić information content (AvgIpc) is 3.15. The van der Waals surface area contributed by atoms with Crippen LogP contribution in [0.25, 0.3) is 0 Å². The highest BCUT2D eigenvalue weighted by Crippen LogP contribution is 2.13. The first-order chi connectivity index (χ1) is 27.1. The Morgan fingerprint density at radius 2 is 1.05 bits per heavy atom. The number of nitrogens with two attached hydrogens (primary N) is 2. The lowest BCUT2D eigenvalue weighted by atomic mass is 9.95. The molecule has 13 N–H and O–H groups in total. The highest BCUT2D eigenvalue weighted by molar-refractivity contribution is 5.97. The van der Waals surface area contributed by atoms with E-state index >= 15 is 0 Å². The predicted octanol–water partition coefficient (Wildman–Crippen LogP) is -1.85. The van der Waals surface area contributed by atoms with Crippen LogP contribution in [0.2, 0.25) is 0 Å². The monoisotopic (exact) mass is 826 g/mol. The molecule has 0 aromatic rings. The second-order valence-electron chi connectivity index (χ2n) is 14.9. The molecule has 20 nitrogen and oxygen atoms in total. The summed E-state index contributed by atoms with van der Waals surface area (Å²) >= 11 is 0. The van der Waals surface area contributed by atoms with Crippen LogP contribution in [0.5, 0.6) is 0 Å². The molecule has 0 saturated heterocycles. The molecular weight excluding hydrogens is 754 g/mol. The molecule has 0 aliphatic heterocycles. The van der Waals surface area contributed by atoms with Crippen LogP contribution >= 0.6 is 0 Å². The van der Waals surface area contributed by atoms with Gasteiger partial charge in [-0.15, -0.1) is 0 Å². The molecular formula is C38H71N11O9. The molecule has 0 saturated carbocycles. The second-order valence-corrected chi connectivity index (χ2v) is 14.9. The van der Waals surface area contributed by atoms with Gasteiger partial charge in [0.2, 0.25) is 47.3 Å². The van der Waals surface area contributed by atoms with Crippen molar-refractivity contribution in [2.45, 2.75) is 150 Å². The van der Waals surface area contributed by atoms with Crippen LogP contribution in [0.1, 0.15) is 108 Å². The van der Waals surface area contributed by atoms with Crippen LogP contribution in [0, 0.1) is 17.8 Å². The van der Waals surface area contributed by atoms with Crippen molar-refractivity contribution in [2.75, 3.05) is 19.6 Å². The topological polar surface area (TPSA) is 317 Å². The van der Waals surface area contributed by atoms with Crippen molar-refractivity contribution in [1.29, 1.82) is 0 Å². The summed E-state index contributed by atoms with van der Waals surface area (Å²) in [4.78, 5) is 109. The maximum atomic E-state index is 13.8. The molecule has 0 aromatic carbocycles. The molecule has 0 heterocycles. The van der Waals surface area contributed by atoms with E-state index in [2.05, 4.69) is 47.5 Å². The molecule has 20 heteroatoms. The lowest BCUT2D eigenvalue weighted by Gasteiger charge is -2.31. The van der Waals surface area contributed by atoms with Crippen molar-refractivity contribution in [3.8, 4) is 0 Å². The van der Waals surface area contributed by atoms with Gasteiger partial charge in [0.05, 0.1) is 12.6 Å². The van der Waals surface area contributed by atoms with E-state index in [0.29, 0.717) is 32.2 Å². The molecule has 0 aliphatic rings. The number of guanidine groups is 1. The van der Waals surface area contributed by atoms with Crippen molar-refractivity contribution in [3.63, 3.8) is 0 Å². The maximum Gasteiger partial charge on any atom is 0.245 e. The number of likely N-dealkylation sites (N-methyl/N-ethyl adjacent to an activating group) is 1. The zero-order valence-corrected chi connectivity index (χ0v) is 36.0. The smallest absolute Gasteiger partial charge is 0.245 e. The quantitative estimate of drug-likeness (QED) is 0.0248. The minimum atomic E-state index is -1.56. The van der Waals surface area contributed by atoms with Gasteiger partial charge >= 0.3 is 0 Å². The summed E-state index contributed by atoms with van der Waals surface area (Å²) in [7, 11) is 0. The van der Waals surface area contributed by atoms with E-state index in [0.717, 1.165) is 0 Å². The van der Waals surface area contributed by atoms with E-state index in [1.54, 1.807) is 48.5 Å². The van der Waals surface area contributed by atoms with Crippen molar-refractivity contribution in [1.82, 2.24) is 42.5 Å². The summed E-state index contributed by atoms with van der Waals surface area (Å²) in [5.41, 5.74) is 10.8. The lowest BCUT2D eigenvalue weighted by molar-refractivity contribution is -0.138. The number of hydrogen-bond acceptors (Lipinski definition) is 10. The Balaban J connectivity index is 6.18. The van der Waals surface area contributed by atoms with Gasteiger partial charge < -0.3 is 59.1 Å². The van der Waals surface area contributed by atoms with E-state index in [1.165, 1.54) is 13.8 Å². The van der Waals surface area contributed by atoms with Gasteiger partial charge in [0.1, 0.15) is 36.3 Å². The molecule has 9 atom stereocenters. The zero-order chi connectivity index (χ0) is 44.7. The van der Waals surface area contributed by atoms with Crippen molar-refractivity contribution >= 4 is 53.2 Å². The first-order valence-corrected chi connectivity index (χ1v) is 20.2. The third-order valence-electron chi connectivity index (χ3n) is 9.55. The summed E-state index contributed by atoms with van der Waals surface area (Å²) in [6.07, 6.45) is 0.619. The summed E-state index contributed by atoms with van der Waals surface area (Å²) in [6.45, 7) is 16.7. The normalized spacial score (nSPS) is 15.7. The third-order valence-corrected chi connectivity index (χ3v) is 9.55. The predicted molar refractivity (Wildman–Crippen MR) is 219 cm³/mol. The molecule has 0 aliphatic carbocycles. The lowest BCUT2D eigenvalue weighted by Crippen LogP contribution is -2.63. The molecule has 58 heavy (non-hydrogen) atoms. The minimum Gasteiger partial charge on any atom is -0.391 e. The van der Waals surface area contributed by atoms with Gasteiger partial charge in [-0.25, -0.2) is 0 Å². The number of aliphatic imine (C=N–C) groups is 1. The number of nitrogens with one attached hydrogen (secondary N) is 8. The molecule has 0 aromatic heterocycles. The van der Waals surface area contributed by atoms with E-state index in [-0.39, 0.29) is 31.9 Å². The Labute approximate surface area is 342 Å². The molecule has 8 amide bonds. The summed E-state index contributed by atoms with van der Waals surface area (Å²) in [6, 6.07) is -7.06. The Morgan fingerprint density at radius 3 is 1.50 bits per heavy atom. The highest BCUT2D eigenvalue weighted by Gasteiger charge is 2.37. The number of carbonyl (C=O) groups is 8. The van der Waals surface area contributed by atoms with Gasteiger partial charge in [-0.05, 0) is 50.9 Å². The molecule has 0 radical (unpaired) electrons. The summed E-state index contributed by atoms with van der Waals surface area (Å²) in [5.74, 6) is -6.48. The fourth-order valence-electron chi connectivity index (χ4n) is 5.66. The van der Waals surface area contributed by atoms with E-state index in [1.807, 2.05) is 6.92 Å². The standard InChI is InChI=1S/C38H71N11O9/c1-11-16-25(33(54)47-29(21(7)12-2)35(56)45-26(32(53)41-14-4)17-15-18-42-38(39)40)44-37(58)31(23(9)50)49-36(57)30(22(8)13-3)48-34(55)28(20(5)6)46-27(52)19-43-24(10)51/h20-23,25-26,28-31,50H,11-19H2,1-10H3,(H,41,53)(H,43,51)(H,44,58)(H,45,56)(H,46,52)(H,47,54)(H,48,55)(H,49,57)(H4,39,40,42)/t21-,22-,23-,25-,26-,28-,29-,30+,31-/m0/s1. The minimum absolute atomic E-state index is 0.103. The second kappa shape index (κ2) is 27.6. The van der Waals surface area contributed by atoms with E-state index in [4.69, 9.17) is 11.5 Å². The summed E-state index contributed by atoms with van der Waals surface area (Å²) in [5, 5.41) is 31.5. The van der Waals surface area contributed by atoms with Crippen LogP contribution < -0.4 is 54.0 Å². The fourth-order valence-corrected chi connectivity index (χ4v) is 5.66. The Morgan fingerprint density at radius 1 is 0.586 bits per heavy atom.